The van der Waals surface area contributed by atoms with Crippen LogP contribution in [0, 0.1) is 19.7 Å². The molecule has 0 aliphatic rings. The molecule has 0 fully saturated rings. The van der Waals surface area contributed by atoms with Crippen LogP contribution in [0.15, 0.2) is 59.7 Å². The number of anilines is 2. The highest BCUT2D eigenvalue weighted by Crippen LogP contribution is 2.25. The molecule has 168 valence electrons. The van der Waals surface area contributed by atoms with Gasteiger partial charge in [-0.2, -0.15) is 0 Å². The Morgan fingerprint density at radius 3 is 2.52 bits per heavy atom. The predicted molar refractivity (Wildman–Crippen MR) is 131 cm³/mol. The third-order valence-corrected chi connectivity index (χ3v) is 5.73. The van der Waals surface area contributed by atoms with E-state index < -0.39 is 17.2 Å². The summed E-state index contributed by atoms with van der Waals surface area (Å²) in [5.41, 5.74) is 2.46. The molecule has 0 atom stereocenters. The van der Waals surface area contributed by atoms with E-state index in [-0.39, 0.29) is 16.3 Å². The van der Waals surface area contributed by atoms with Gasteiger partial charge in [-0.25, -0.2) is 9.37 Å². The van der Waals surface area contributed by atoms with Gasteiger partial charge in [0.2, 0.25) is 5.43 Å². The van der Waals surface area contributed by atoms with Gasteiger partial charge in [-0.1, -0.05) is 11.6 Å². The van der Waals surface area contributed by atoms with E-state index in [1.165, 1.54) is 22.9 Å². The number of aryl methyl sites for hydroxylation is 2. The summed E-state index contributed by atoms with van der Waals surface area (Å²) in [7, 11) is 3.67. The van der Waals surface area contributed by atoms with E-state index in [4.69, 9.17) is 11.6 Å². The fourth-order valence-corrected chi connectivity index (χ4v) is 3.72. The van der Waals surface area contributed by atoms with Gasteiger partial charge in [0, 0.05) is 48.7 Å². The van der Waals surface area contributed by atoms with Gasteiger partial charge in [0.15, 0.2) is 0 Å². The summed E-state index contributed by atoms with van der Waals surface area (Å²) in [5.74, 6) is -0.515. The normalized spacial score (nSPS) is 11.0. The number of hydrogen-bond donors (Lipinski definition) is 1. The minimum atomic E-state index is -0.598. The van der Waals surface area contributed by atoms with Gasteiger partial charge in [-0.15, -0.1) is 0 Å². The average molecular weight is 465 g/mol. The molecule has 4 rings (SSSR count). The van der Waals surface area contributed by atoms with E-state index in [0.717, 1.165) is 11.1 Å². The lowest BCUT2D eigenvalue weighted by molar-refractivity contribution is 0.102. The topological polar surface area (TPSA) is 67.2 Å². The minimum absolute atomic E-state index is 0.108. The molecule has 8 heteroatoms. The number of pyridine rings is 2. The molecule has 6 nitrogen and oxygen atoms in total. The van der Waals surface area contributed by atoms with Gasteiger partial charge in [-0.05, 0) is 61.4 Å². The lowest BCUT2D eigenvalue weighted by atomic mass is 10.0. The maximum absolute atomic E-state index is 14.8. The highest BCUT2D eigenvalue weighted by molar-refractivity contribution is 6.30. The second-order valence-corrected chi connectivity index (χ2v) is 8.48. The maximum atomic E-state index is 14.8. The molecular weight excluding hydrogens is 443 g/mol. The summed E-state index contributed by atoms with van der Waals surface area (Å²) in [6, 6.07) is 11.1. The molecule has 0 saturated carbocycles. The van der Waals surface area contributed by atoms with E-state index in [2.05, 4.69) is 10.3 Å². The van der Waals surface area contributed by atoms with Crippen molar-refractivity contribution in [3.8, 4) is 5.69 Å². The molecule has 1 amide bonds. The van der Waals surface area contributed by atoms with Crippen LogP contribution in [0.3, 0.4) is 0 Å². The van der Waals surface area contributed by atoms with Crippen molar-refractivity contribution in [1.29, 1.82) is 0 Å². The molecule has 2 heterocycles. The van der Waals surface area contributed by atoms with E-state index in [9.17, 15) is 14.0 Å². The second kappa shape index (κ2) is 8.67. The Bertz CT molecular complexity index is 1460. The van der Waals surface area contributed by atoms with Crippen LogP contribution in [-0.4, -0.2) is 29.6 Å². The number of benzene rings is 2. The Hall–Kier alpha value is -3.71. The Labute approximate surface area is 195 Å². The predicted octanol–water partition coefficient (Wildman–Crippen LogP) is 5.11. The number of amides is 1. The third kappa shape index (κ3) is 4.32. The standard InChI is InChI=1S/C25H22ClFN4O2/c1-14-9-18-22(10-15(14)2)31(21-6-5-16(26)11-20(21)27)13-19(24(18)32)25(33)29-17-7-8-28-23(12-17)30(3)4/h5-13H,1-4H3,(H,28,29,33). The Balaban J connectivity index is 1.91. The minimum Gasteiger partial charge on any atom is -0.363 e. The fraction of sp³-hybridized carbons (Fsp3) is 0.160. The zero-order chi connectivity index (χ0) is 23.9. The summed E-state index contributed by atoms with van der Waals surface area (Å²) in [6.45, 7) is 3.79. The van der Waals surface area contributed by atoms with Crippen LogP contribution < -0.4 is 15.6 Å². The van der Waals surface area contributed by atoms with Gasteiger partial charge < -0.3 is 14.8 Å². The van der Waals surface area contributed by atoms with Gasteiger partial charge in [-0.3, -0.25) is 9.59 Å². The molecule has 1 N–H and O–H groups in total. The molecular formula is C25H22ClFN4O2. The zero-order valence-electron chi connectivity index (χ0n) is 18.6. The Kier molecular flexibility index (Phi) is 5.91. The van der Waals surface area contributed by atoms with Gasteiger partial charge in [0.25, 0.3) is 5.91 Å². The van der Waals surface area contributed by atoms with Crippen molar-refractivity contribution in [2.75, 3.05) is 24.3 Å². The first-order chi connectivity index (χ1) is 15.7. The number of hydrogen-bond acceptors (Lipinski definition) is 4. The second-order valence-electron chi connectivity index (χ2n) is 8.04. The number of carbonyl (C=O) groups is 1. The van der Waals surface area contributed by atoms with Gasteiger partial charge in [0.05, 0.1) is 11.2 Å². The fourth-order valence-electron chi connectivity index (χ4n) is 3.56. The Morgan fingerprint density at radius 2 is 1.82 bits per heavy atom. The monoisotopic (exact) mass is 464 g/mol. The number of fused-ring (bicyclic) bond motifs is 1. The molecule has 0 unspecified atom stereocenters. The first kappa shape index (κ1) is 22.5. The molecule has 0 aliphatic heterocycles. The number of carbonyl (C=O) groups excluding carboxylic acids is 1. The van der Waals surface area contributed by atoms with Crippen LogP contribution >= 0.6 is 11.6 Å². The third-order valence-electron chi connectivity index (χ3n) is 5.49. The summed E-state index contributed by atoms with van der Waals surface area (Å²) in [6.07, 6.45) is 2.94. The largest absolute Gasteiger partial charge is 0.363 e. The molecule has 0 spiro atoms. The van der Waals surface area contributed by atoms with Gasteiger partial charge >= 0.3 is 0 Å². The van der Waals surface area contributed by atoms with E-state index in [0.29, 0.717) is 22.4 Å². The molecule has 0 aliphatic carbocycles. The number of nitrogens with one attached hydrogen (secondary N) is 1. The van der Waals surface area contributed by atoms with Crippen LogP contribution in [0.5, 0.6) is 0 Å². The van der Waals surface area contributed by atoms with Gasteiger partial charge in [0.1, 0.15) is 17.2 Å². The van der Waals surface area contributed by atoms with Crippen LogP contribution in [0.25, 0.3) is 16.6 Å². The summed E-state index contributed by atoms with van der Waals surface area (Å²) in [5, 5.41) is 3.33. The quantitative estimate of drug-likeness (QED) is 0.455. The van der Waals surface area contributed by atoms with Crippen LogP contribution in [0.4, 0.5) is 15.9 Å². The van der Waals surface area contributed by atoms with Crippen LogP contribution in [0.2, 0.25) is 5.02 Å². The lowest BCUT2D eigenvalue weighted by Crippen LogP contribution is -2.24. The zero-order valence-corrected chi connectivity index (χ0v) is 19.4. The molecule has 33 heavy (non-hydrogen) atoms. The Morgan fingerprint density at radius 1 is 1.09 bits per heavy atom. The summed E-state index contributed by atoms with van der Waals surface area (Å²) in [4.78, 5) is 32.5. The van der Waals surface area contributed by atoms with Crippen molar-refractivity contribution in [3.05, 3.63) is 92.6 Å². The average Bonchev–Trinajstić information content (AvgIpc) is 2.76. The summed E-state index contributed by atoms with van der Waals surface area (Å²) >= 11 is 5.93. The lowest BCUT2D eigenvalue weighted by Gasteiger charge is -2.16. The van der Waals surface area contributed by atoms with E-state index in [1.54, 1.807) is 35.4 Å². The highest BCUT2D eigenvalue weighted by Gasteiger charge is 2.19. The van der Waals surface area contributed by atoms with E-state index >= 15 is 0 Å². The van der Waals surface area contributed by atoms with Crippen molar-refractivity contribution < 1.29 is 9.18 Å². The number of aromatic nitrogens is 2. The smallest absolute Gasteiger partial charge is 0.261 e. The first-order valence-electron chi connectivity index (χ1n) is 10.2. The molecule has 0 radical (unpaired) electrons. The van der Waals surface area contributed by atoms with Crippen molar-refractivity contribution in [2.45, 2.75) is 13.8 Å². The van der Waals surface area contributed by atoms with Crippen LogP contribution in [-0.2, 0) is 0 Å². The molecule has 2 aromatic heterocycles. The van der Waals surface area contributed by atoms with E-state index in [1.807, 2.05) is 34.0 Å². The highest BCUT2D eigenvalue weighted by atomic mass is 35.5. The van der Waals surface area contributed by atoms with Crippen LogP contribution in [0.1, 0.15) is 21.5 Å². The number of halogens is 2. The SMILES string of the molecule is Cc1cc2c(=O)c(C(=O)Nc3ccnc(N(C)C)c3)cn(-c3ccc(Cl)cc3F)c2cc1C. The number of nitrogens with zero attached hydrogens (tertiary/aromatic N) is 3. The number of rotatable bonds is 4. The molecule has 4 aromatic rings. The van der Waals surface area contributed by atoms with Crippen molar-refractivity contribution in [1.82, 2.24) is 9.55 Å². The molecule has 0 saturated heterocycles. The maximum Gasteiger partial charge on any atom is 0.261 e. The first-order valence-corrected chi connectivity index (χ1v) is 10.6. The molecule has 2 aromatic carbocycles. The van der Waals surface area contributed by atoms with Crippen molar-refractivity contribution in [2.24, 2.45) is 0 Å². The van der Waals surface area contributed by atoms with Crippen molar-refractivity contribution >= 4 is 39.9 Å². The van der Waals surface area contributed by atoms with Crippen molar-refractivity contribution in [3.63, 3.8) is 0 Å². The molecule has 0 bridgehead atoms. The summed E-state index contributed by atoms with van der Waals surface area (Å²) < 4.78 is 16.4.